The molecule has 3 nitrogen and oxygen atoms in total. The third kappa shape index (κ3) is 2.90. The number of alkyl halides is 4. The number of carboxylic acids is 1. The predicted molar refractivity (Wildman–Crippen MR) is 60.8 cm³/mol. The highest BCUT2D eigenvalue weighted by Gasteiger charge is 2.37. The van der Waals surface area contributed by atoms with Gasteiger partial charge in [0.2, 0.25) is 0 Å². The van der Waals surface area contributed by atoms with E-state index in [1.165, 1.54) is 0 Å². The van der Waals surface area contributed by atoms with E-state index in [2.05, 4.69) is 15.9 Å². The van der Waals surface area contributed by atoms with Gasteiger partial charge in [0.1, 0.15) is 5.78 Å². The number of carbonyl (C=O) groups is 2. The zero-order valence-electron chi connectivity index (χ0n) is 9.08. The Morgan fingerprint density at radius 3 is 2.28 bits per heavy atom. The van der Waals surface area contributed by atoms with Crippen molar-refractivity contribution in [3.8, 4) is 0 Å². The molecule has 1 aromatic rings. The van der Waals surface area contributed by atoms with E-state index in [-0.39, 0.29) is 0 Å². The highest BCUT2D eigenvalue weighted by atomic mass is 79.9. The Kier molecular flexibility index (Phi) is 4.16. The van der Waals surface area contributed by atoms with Gasteiger partial charge in [0.25, 0.3) is 0 Å². The van der Waals surface area contributed by atoms with Crippen LogP contribution in [-0.2, 0) is 11.0 Å². The fourth-order valence-corrected chi connectivity index (χ4v) is 1.97. The summed E-state index contributed by atoms with van der Waals surface area (Å²) in [7, 11) is 0. The largest absolute Gasteiger partial charge is 0.478 e. The molecule has 0 aromatic heterocycles. The SMILES string of the molecule is CC(=O)C(Br)c1c(C(=O)O)cccc1C(F)(F)F. The third-order valence-electron chi connectivity index (χ3n) is 2.25. The summed E-state index contributed by atoms with van der Waals surface area (Å²) in [5.41, 5.74) is -2.23. The van der Waals surface area contributed by atoms with Crippen molar-refractivity contribution in [1.82, 2.24) is 0 Å². The zero-order valence-corrected chi connectivity index (χ0v) is 10.7. The second kappa shape index (κ2) is 5.09. The van der Waals surface area contributed by atoms with Crippen molar-refractivity contribution in [1.29, 1.82) is 0 Å². The first-order valence-electron chi connectivity index (χ1n) is 4.74. The molecular weight excluding hydrogens is 317 g/mol. The van der Waals surface area contributed by atoms with Gasteiger partial charge >= 0.3 is 12.1 Å². The van der Waals surface area contributed by atoms with Crippen LogP contribution in [0.1, 0.15) is 33.2 Å². The Balaban J connectivity index is 3.59. The van der Waals surface area contributed by atoms with Crippen LogP contribution in [-0.4, -0.2) is 16.9 Å². The lowest BCUT2D eigenvalue weighted by Crippen LogP contribution is -2.17. The fraction of sp³-hybridized carbons (Fsp3) is 0.273. The van der Waals surface area contributed by atoms with E-state index < -0.39 is 39.4 Å². The van der Waals surface area contributed by atoms with Gasteiger partial charge < -0.3 is 5.11 Å². The quantitative estimate of drug-likeness (QED) is 0.867. The molecule has 0 aliphatic heterocycles. The van der Waals surface area contributed by atoms with E-state index in [0.29, 0.717) is 0 Å². The van der Waals surface area contributed by atoms with Crippen molar-refractivity contribution < 1.29 is 27.9 Å². The number of aromatic carboxylic acids is 1. The van der Waals surface area contributed by atoms with Crippen LogP contribution in [0.3, 0.4) is 0 Å². The van der Waals surface area contributed by atoms with Gasteiger partial charge in [-0.25, -0.2) is 4.79 Å². The van der Waals surface area contributed by atoms with E-state index in [0.717, 1.165) is 25.1 Å². The number of rotatable bonds is 3. The number of hydrogen-bond acceptors (Lipinski definition) is 2. The van der Waals surface area contributed by atoms with Gasteiger partial charge in [-0.1, -0.05) is 22.0 Å². The van der Waals surface area contributed by atoms with E-state index in [4.69, 9.17) is 5.11 Å². The molecule has 0 heterocycles. The highest BCUT2D eigenvalue weighted by Crippen LogP contribution is 2.39. The average Bonchev–Trinajstić information content (AvgIpc) is 2.25. The number of carboxylic acid groups (broad SMARTS) is 1. The Morgan fingerprint density at radius 2 is 1.89 bits per heavy atom. The lowest BCUT2D eigenvalue weighted by molar-refractivity contribution is -0.138. The topological polar surface area (TPSA) is 54.4 Å². The molecule has 98 valence electrons. The van der Waals surface area contributed by atoms with Crippen molar-refractivity contribution in [3.63, 3.8) is 0 Å². The number of hydrogen-bond donors (Lipinski definition) is 1. The van der Waals surface area contributed by atoms with E-state index in [9.17, 15) is 22.8 Å². The molecule has 0 saturated carbocycles. The lowest BCUT2D eigenvalue weighted by Gasteiger charge is -2.17. The van der Waals surface area contributed by atoms with Crippen LogP contribution in [0.4, 0.5) is 13.2 Å². The number of halogens is 4. The molecule has 7 heteroatoms. The minimum absolute atomic E-state index is 0.540. The second-order valence-electron chi connectivity index (χ2n) is 3.54. The molecule has 1 unspecified atom stereocenters. The van der Waals surface area contributed by atoms with Gasteiger partial charge in [-0.15, -0.1) is 0 Å². The maximum atomic E-state index is 12.8. The van der Waals surface area contributed by atoms with Crippen LogP contribution < -0.4 is 0 Å². The van der Waals surface area contributed by atoms with Crippen LogP contribution in [0.2, 0.25) is 0 Å². The summed E-state index contributed by atoms with van der Waals surface area (Å²) < 4.78 is 38.4. The van der Waals surface area contributed by atoms with Crippen LogP contribution >= 0.6 is 15.9 Å². The van der Waals surface area contributed by atoms with E-state index in [1.807, 2.05) is 0 Å². The molecule has 1 rings (SSSR count). The average molecular weight is 325 g/mol. The summed E-state index contributed by atoms with van der Waals surface area (Å²) in [6.45, 7) is 1.08. The number of Topliss-reactive ketones (excluding diaryl/α,β-unsaturated/α-hetero) is 1. The van der Waals surface area contributed by atoms with Gasteiger partial charge in [0.05, 0.1) is 16.0 Å². The summed E-state index contributed by atoms with van der Waals surface area (Å²) in [6, 6.07) is 2.78. The Morgan fingerprint density at radius 1 is 1.33 bits per heavy atom. The fourth-order valence-electron chi connectivity index (χ4n) is 1.48. The molecular formula is C11H8BrF3O3. The van der Waals surface area contributed by atoms with Crippen molar-refractivity contribution >= 4 is 27.7 Å². The van der Waals surface area contributed by atoms with Crippen molar-refractivity contribution in [2.75, 3.05) is 0 Å². The summed E-state index contributed by atoms with van der Waals surface area (Å²) in [4.78, 5) is 20.8. The Bertz CT molecular complexity index is 497. The Labute approximate surface area is 109 Å². The minimum atomic E-state index is -4.72. The highest BCUT2D eigenvalue weighted by molar-refractivity contribution is 9.09. The van der Waals surface area contributed by atoms with Gasteiger partial charge in [0, 0.05) is 0 Å². The molecule has 1 aromatic carbocycles. The molecule has 0 radical (unpaired) electrons. The van der Waals surface area contributed by atoms with Gasteiger partial charge in [-0.2, -0.15) is 13.2 Å². The molecule has 0 aliphatic carbocycles. The Hall–Kier alpha value is -1.37. The maximum absolute atomic E-state index is 12.8. The zero-order chi connectivity index (χ0) is 14.1. The summed E-state index contributed by atoms with van der Waals surface area (Å²) in [5, 5.41) is 8.89. The van der Waals surface area contributed by atoms with Crippen molar-refractivity contribution in [2.24, 2.45) is 0 Å². The first-order chi connectivity index (χ1) is 8.16. The second-order valence-corrected chi connectivity index (χ2v) is 4.46. The molecule has 0 bridgehead atoms. The molecule has 1 N–H and O–H groups in total. The summed E-state index contributed by atoms with van der Waals surface area (Å²) in [6.07, 6.45) is -4.72. The normalized spacial score (nSPS) is 13.2. The van der Waals surface area contributed by atoms with E-state index >= 15 is 0 Å². The first kappa shape index (κ1) is 14.7. The molecule has 18 heavy (non-hydrogen) atoms. The predicted octanol–water partition coefficient (Wildman–Crippen LogP) is 3.43. The van der Waals surface area contributed by atoms with Gasteiger partial charge in [-0.3, -0.25) is 4.79 Å². The van der Waals surface area contributed by atoms with E-state index in [1.54, 1.807) is 0 Å². The van der Waals surface area contributed by atoms with Gasteiger partial charge in [0.15, 0.2) is 0 Å². The van der Waals surface area contributed by atoms with Crippen molar-refractivity contribution in [3.05, 3.63) is 34.9 Å². The van der Waals surface area contributed by atoms with Crippen LogP contribution in [0, 0.1) is 0 Å². The molecule has 0 saturated heterocycles. The standard InChI is InChI=1S/C11H8BrF3O3/c1-5(16)9(12)8-6(10(17)18)3-2-4-7(8)11(13,14)15/h2-4,9H,1H3,(H,17,18). The minimum Gasteiger partial charge on any atom is -0.478 e. The van der Waals surface area contributed by atoms with Crippen LogP contribution in [0.25, 0.3) is 0 Å². The number of benzene rings is 1. The van der Waals surface area contributed by atoms with Gasteiger partial charge in [-0.05, 0) is 24.6 Å². The van der Waals surface area contributed by atoms with Crippen LogP contribution in [0.5, 0.6) is 0 Å². The number of carbonyl (C=O) groups excluding carboxylic acids is 1. The van der Waals surface area contributed by atoms with Crippen molar-refractivity contribution in [2.45, 2.75) is 17.9 Å². The number of ketones is 1. The maximum Gasteiger partial charge on any atom is 0.416 e. The summed E-state index contributed by atoms with van der Waals surface area (Å²) in [5.74, 6) is -2.11. The molecule has 0 fully saturated rings. The molecule has 1 atom stereocenters. The smallest absolute Gasteiger partial charge is 0.416 e. The first-order valence-corrected chi connectivity index (χ1v) is 5.65. The lowest BCUT2D eigenvalue weighted by atomic mass is 9.96. The molecule has 0 spiro atoms. The third-order valence-corrected chi connectivity index (χ3v) is 3.35. The molecule has 0 amide bonds. The molecule has 0 aliphatic rings. The summed E-state index contributed by atoms with van der Waals surface area (Å²) >= 11 is 2.80. The van der Waals surface area contributed by atoms with Crippen LogP contribution in [0.15, 0.2) is 18.2 Å². The monoisotopic (exact) mass is 324 g/mol.